The number of carbonyl (C=O) groups excluding carboxylic acids is 1. The van der Waals surface area contributed by atoms with E-state index in [2.05, 4.69) is 28.3 Å². The summed E-state index contributed by atoms with van der Waals surface area (Å²) < 4.78 is 48.8. The molecule has 1 saturated heterocycles. The molecule has 0 aliphatic carbocycles. The SMILES string of the molecule is CC(c1cccs1)N1CCN(C(=O)Oc2ccc(Oc3ccc(C(F)(F)F)cn3)cc2)CC1. The third-order valence-electron chi connectivity index (χ3n) is 5.39. The molecule has 1 atom stereocenters. The summed E-state index contributed by atoms with van der Waals surface area (Å²) >= 11 is 1.73. The van der Waals surface area contributed by atoms with Crippen LogP contribution in [0.1, 0.15) is 23.4 Å². The van der Waals surface area contributed by atoms with Gasteiger partial charge in [-0.2, -0.15) is 13.2 Å². The van der Waals surface area contributed by atoms with Crippen LogP contribution in [-0.4, -0.2) is 47.1 Å². The summed E-state index contributed by atoms with van der Waals surface area (Å²) in [6.45, 7) is 4.86. The van der Waals surface area contributed by atoms with Crippen molar-refractivity contribution in [3.05, 3.63) is 70.5 Å². The number of nitrogens with zero attached hydrogens (tertiary/aromatic N) is 3. The Morgan fingerprint density at radius 1 is 1.03 bits per heavy atom. The van der Waals surface area contributed by atoms with Crippen LogP contribution in [0.4, 0.5) is 18.0 Å². The normalized spacial score (nSPS) is 15.8. The third kappa shape index (κ3) is 5.82. The Hall–Kier alpha value is -3.11. The quantitative estimate of drug-likeness (QED) is 0.463. The van der Waals surface area contributed by atoms with Crippen LogP contribution in [0.15, 0.2) is 60.1 Å². The minimum absolute atomic E-state index is 0.0300. The lowest BCUT2D eigenvalue weighted by molar-refractivity contribution is -0.137. The molecule has 0 saturated carbocycles. The molecule has 1 amide bonds. The standard InChI is InChI=1S/C23H22F3N3O3S/c1-16(20-3-2-14-33-20)28-10-12-29(13-11-28)22(30)32-19-7-5-18(6-8-19)31-21-9-4-17(15-27-21)23(24,25)26/h2-9,14-16H,10-13H2,1H3. The molecule has 4 rings (SSSR count). The summed E-state index contributed by atoms with van der Waals surface area (Å²) in [5.74, 6) is 0.739. The van der Waals surface area contributed by atoms with E-state index in [9.17, 15) is 18.0 Å². The van der Waals surface area contributed by atoms with Crippen molar-refractivity contribution in [2.45, 2.75) is 19.1 Å². The topological polar surface area (TPSA) is 54.9 Å². The first-order valence-corrected chi connectivity index (χ1v) is 11.2. The highest BCUT2D eigenvalue weighted by molar-refractivity contribution is 7.10. The Morgan fingerprint density at radius 2 is 1.73 bits per heavy atom. The first-order valence-electron chi connectivity index (χ1n) is 10.3. The average Bonchev–Trinajstić information content (AvgIpc) is 3.35. The number of hydrogen-bond acceptors (Lipinski definition) is 6. The monoisotopic (exact) mass is 477 g/mol. The summed E-state index contributed by atoms with van der Waals surface area (Å²) in [5, 5.41) is 2.07. The fraction of sp³-hybridized carbons (Fsp3) is 0.304. The van der Waals surface area contributed by atoms with Crippen molar-refractivity contribution in [1.29, 1.82) is 0 Å². The summed E-state index contributed by atoms with van der Waals surface area (Å²) in [4.78, 5) is 21.5. The van der Waals surface area contributed by atoms with E-state index in [1.165, 1.54) is 4.88 Å². The maximum Gasteiger partial charge on any atom is 0.417 e. The molecule has 10 heteroatoms. The van der Waals surface area contributed by atoms with Crippen molar-refractivity contribution >= 4 is 17.4 Å². The molecule has 0 N–H and O–H groups in total. The number of hydrogen-bond donors (Lipinski definition) is 0. The van der Waals surface area contributed by atoms with Gasteiger partial charge in [-0.1, -0.05) is 6.07 Å². The summed E-state index contributed by atoms with van der Waals surface area (Å²) in [6.07, 6.45) is -4.16. The summed E-state index contributed by atoms with van der Waals surface area (Å²) in [5.41, 5.74) is -0.848. The van der Waals surface area contributed by atoms with Crippen molar-refractivity contribution < 1.29 is 27.4 Å². The third-order valence-corrected chi connectivity index (χ3v) is 6.43. The second kappa shape index (κ2) is 9.80. The lowest BCUT2D eigenvalue weighted by Gasteiger charge is -2.37. The second-order valence-electron chi connectivity index (χ2n) is 7.54. The highest BCUT2D eigenvalue weighted by atomic mass is 32.1. The molecule has 1 fully saturated rings. The Morgan fingerprint density at radius 3 is 2.30 bits per heavy atom. The predicted octanol–water partition coefficient (Wildman–Crippen LogP) is 5.83. The van der Waals surface area contributed by atoms with Crippen LogP contribution < -0.4 is 9.47 Å². The van der Waals surface area contributed by atoms with Gasteiger partial charge < -0.3 is 14.4 Å². The molecule has 0 bridgehead atoms. The highest BCUT2D eigenvalue weighted by Crippen LogP contribution is 2.30. The van der Waals surface area contributed by atoms with Gasteiger partial charge in [-0.25, -0.2) is 9.78 Å². The fourth-order valence-corrected chi connectivity index (χ4v) is 4.29. The molecule has 2 aromatic heterocycles. The number of piperazine rings is 1. The first-order chi connectivity index (χ1) is 15.8. The van der Waals surface area contributed by atoms with E-state index in [1.807, 2.05) is 6.07 Å². The maximum atomic E-state index is 12.6. The zero-order valence-electron chi connectivity index (χ0n) is 17.8. The number of alkyl halides is 3. The van der Waals surface area contributed by atoms with Crippen molar-refractivity contribution in [3.8, 4) is 17.4 Å². The predicted molar refractivity (Wildman–Crippen MR) is 118 cm³/mol. The van der Waals surface area contributed by atoms with Gasteiger partial charge in [0.25, 0.3) is 0 Å². The van der Waals surface area contributed by atoms with E-state index in [-0.39, 0.29) is 5.88 Å². The molecule has 6 nitrogen and oxygen atoms in total. The Bertz CT molecular complexity index is 1050. The van der Waals surface area contributed by atoms with Crippen molar-refractivity contribution in [3.63, 3.8) is 0 Å². The summed E-state index contributed by atoms with van der Waals surface area (Å²) in [6, 6.07) is 12.8. The van der Waals surface area contributed by atoms with Crippen LogP contribution in [-0.2, 0) is 6.18 Å². The number of benzene rings is 1. The van der Waals surface area contributed by atoms with Gasteiger partial charge in [0.2, 0.25) is 5.88 Å². The van der Waals surface area contributed by atoms with Crippen LogP contribution in [0.25, 0.3) is 0 Å². The number of halogens is 3. The van der Waals surface area contributed by atoms with Gasteiger partial charge in [0.05, 0.1) is 5.56 Å². The number of amides is 1. The number of pyridine rings is 1. The van der Waals surface area contributed by atoms with E-state index in [1.54, 1.807) is 40.5 Å². The molecule has 1 aliphatic rings. The van der Waals surface area contributed by atoms with Crippen molar-refractivity contribution in [2.24, 2.45) is 0 Å². The molecule has 1 aliphatic heterocycles. The van der Waals surface area contributed by atoms with E-state index in [4.69, 9.17) is 9.47 Å². The Kier molecular flexibility index (Phi) is 6.85. The molecule has 1 aromatic carbocycles. The second-order valence-corrected chi connectivity index (χ2v) is 8.52. The maximum absolute atomic E-state index is 12.6. The van der Waals surface area contributed by atoms with Crippen molar-refractivity contribution in [2.75, 3.05) is 26.2 Å². The molecule has 0 radical (unpaired) electrons. The molecule has 174 valence electrons. The van der Waals surface area contributed by atoms with Crippen LogP contribution in [0.3, 0.4) is 0 Å². The first kappa shape index (κ1) is 23.1. The highest BCUT2D eigenvalue weighted by Gasteiger charge is 2.30. The number of ether oxygens (including phenoxy) is 2. The Balaban J connectivity index is 1.27. The molecule has 33 heavy (non-hydrogen) atoms. The Labute approximate surface area is 193 Å². The molecular formula is C23H22F3N3O3S. The molecule has 3 aromatic rings. The molecule has 3 heterocycles. The largest absolute Gasteiger partial charge is 0.439 e. The van der Waals surface area contributed by atoms with Gasteiger partial charge in [-0.3, -0.25) is 4.90 Å². The molecule has 1 unspecified atom stereocenters. The van der Waals surface area contributed by atoms with Gasteiger partial charge in [0.1, 0.15) is 11.5 Å². The van der Waals surface area contributed by atoms with E-state index < -0.39 is 17.8 Å². The number of thiophene rings is 1. The van der Waals surface area contributed by atoms with E-state index in [0.29, 0.717) is 36.8 Å². The number of carbonyl (C=O) groups is 1. The van der Waals surface area contributed by atoms with Gasteiger partial charge >= 0.3 is 12.3 Å². The average molecular weight is 478 g/mol. The van der Waals surface area contributed by atoms with Gasteiger partial charge in [0.15, 0.2) is 0 Å². The van der Waals surface area contributed by atoms with Crippen LogP contribution in [0.5, 0.6) is 17.4 Å². The number of aromatic nitrogens is 1. The van der Waals surface area contributed by atoms with Crippen LogP contribution in [0.2, 0.25) is 0 Å². The lowest BCUT2D eigenvalue weighted by Crippen LogP contribution is -2.50. The smallest absolute Gasteiger partial charge is 0.417 e. The van der Waals surface area contributed by atoms with Crippen LogP contribution >= 0.6 is 11.3 Å². The number of rotatable bonds is 5. The zero-order valence-corrected chi connectivity index (χ0v) is 18.6. The van der Waals surface area contributed by atoms with Gasteiger partial charge in [-0.15, -0.1) is 11.3 Å². The van der Waals surface area contributed by atoms with Gasteiger partial charge in [0, 0.05) is 49.4 Å². The van der Waals surface area contributed by atoms with E-state index in [0.717, 1.165) is 25.2 Å². The van der Waals surface area contributed by atoms with E-state index >= 15 is 0 Å². The zero-order chi connectivity index (χ0) is 23.4. The minimum Gasteiger partial charge on any atom is -0.439 e. The van der Waals surface area contributed by atoms with Gasteiger partial charge in [-0.05, 0) is 48.7 Å². The van der Waals surface area contributed by atoms with Crippen LogP contribution in [0, 0.1) is 0 Å². The minimum atomic E-state index is -4.45. The molecule has 0 spiro atoms. The van der Waals surface area contributed by atoms with Crippen molar-refractivity contribution in [1.82, 2.24) is 14.8 Å². The molecular weight excluding hydrogens is 455 g/mol. The lowest BCUT2D eigenvalue weighted by atomic mass is 10.2. The summed E-state index contributed by atoms with van der Waals surface area (Å²) in [7, 11) is 0. The fourth-order valence-electron chi connectivity index (χ4n) is 3.47.